The van der Waals surface area contributed by atoms with Gasteiger partial charge in [0.25, 0.3) is 0 Å². The van der Waals surface area contributed by atoms with Crippen LogP contribution in [0.2, 0.25) is 0 Å². The van der Waals surface area contributed by atoms with Crippen molar-refractivity contribution < 1.29 is 0 Å². The molecule has 0 radical (unpaired) electrons. The van der Waals surface area contributed by atoms with Gasteiger partial charge in [-0.1, -0.05) is 0 Å². The molecule has 1 N–H and O–H groups in total. The van der Waals surface area contributed by atoms with E-state index in [0.717, 1.165) is 17.1 Å². The molecule has 0 fully saturated rings. The van der Waals surface area contributed by atoms with Crippen LogP contribution >= 0.6 is 0 Å². The Labute approximate surface area is 72.6 Å². The van der Waals surface area contributed by atoms with E-state index in [1.807, 2.05) is 33.2 Å². The highest BCUT2D eigenvalue weighted by atomic mass is 14.9. The Bertz CT molecular complexity index is 292. The van der Waals surface area contributed by atoms with Crippen molar-refractivity contribution in [1.82, 2.24) is 15.3 Å². The summed E-state index contributed by atoms with van der Waals surface area (Å²) >= 11 is 0. The third-order valence-corrected chi connectivity index (χ3v) is 1.54. The number of nitrogens with zero attached hydrogens (tertiary/aromatic N) is 2. The molecule has 0 aliphatic carbocycles. The maximum Gasteiger partial charge on any atom is 0.125 e. The fourth-order valence-electron chi connectivity index (χ4n) is 0.966. The molecule has 0 aromatic carbocycles. The molecule has 3 nitrogen and oxygen atoms in total. The van der Waals surface area contributed by atoms with Crippen molar-refractivity contribution in [2.75, 3.05) is 7.05 Å². The average Bonchev–Trinajstić information content (AvgIpc) is 2.05. The molecule has 1 rings (SSSR count). The minimum atomic E-state index is 0.802. The number of rotatable bonds is 2. The van der Waals surface area contributed by atoms with Crippen molar-refractivity contribution in [2.45, 2.75) is 13.8 Å². The van der Waals surface area contributed by atoms with E-state index in [0.29, 0.717) is 0 Å². The van der Waals surface area contributed by atoms with Crippen LogP contribution in [-0.4, -0.2) is 17.0 Å². The largest absolute Gasteiger partial charge is 0.394 e. The third kappa shape index (κ3) is 2.05. The normalized spacial score (nSPS) is 11.4. The average molecular weight is 163 g/mol. The van der Waals surface area contributed by atoms with Crippen LogP contribution in [0.4, 0.5) is 0 Å². The zero-order chi connectivity index (χ0) is 8.97. The Kier molecular flexibility index (Phi) is 2.80. The topological polar surface area (TPSA) is 37.8 Å². The number of aromatic nitrogens is 2. The Morgan fingerprint density at radius 2 is 2.33 bits per heavy atom. The van der Waals surface area contributed by atoms with Crippen LogP contribution in [0.15, 0.2) is 18.5 Å². The maximum atomic E-state index is 4.27. The van der Waals surface area contributed by atoms with Gasteiger partial charge in [-0.2, -0.15) is 0 Å². The maximum absolute atomic E-state index is 4.27. The highest BCUT2D eigenvalue weighted by molar-refractivity contribution is 5.59. The summed E-state index contributed by atoms with van der Waals surface area (Å²) in [5.41, 5.74) is 2.08. The molecule has 0 bridgehead atoms. The SMILES string of the molecule is CN/C=C(\C)c1ccnc(C)n1. The first-order valence-electron chi connectivity index (χ1n) is 3.88. The molecule has 0 aliphatic rings. The first-order valence-corrected chi connectivity index (χ1v) is 3.88. The van der Waals surface area contributed by atoms with E-state index in [2.05, 4.69) is 15.3 Å². The van der Waals surface area contributed by atoms with Gasteiger partial charge in [-0.3, -0.25) is 0 Å². The molecule has 0 unspecified atom stereocenters. The van der Waals surface area contributed by atoms with Gasteiger partial charge in [0.1, 0.15) is 5.82 Å². The summed E-state index contributed by atoms with van der Waals surface area (Å²) in [6.07, 6.45) is 3.69. The number of nitrogens with one attached hydrogen (secondary N) is 1. The molecule has 12 heavy (non-hydrogen) atoms. The first kappa shape index (κ1) is 8.71. The van der Waals surface area contributed by atoms with Gasteiger partial charge < -0.3 is 5.32 Å². The van der Waals surface area contributed by atoms with Crippen LogP contribution in [-0.2, 0) is 0 Å². The minimum Gasteiger partial charge on any atom is -0.394 e. The summed E-state index contributed by atoms with van der Waals surface area (Å²) in [6, 6.07) is 1.90. The van der Waals surface area contributed by atoms with Crippen LogP contribution < -0.4 is 5.32 Å². The second kappa shape index (κ2) is 3.85. The van der Waals surface area contributed by atoms with E-state index in [-0.39, 0.29) is 0 Å². The summed E-state index contributed by atoms with van der Waals surface area (Å²) in [5, 5.41) is 2.96. The van der Waals surface area contributed by atoms with Crippen LogP contribution in [0.3, 0.4) is 0 Å². The van der Waals surface area contributed by atoms with Gasteiger partial charge in [0.2, 0.25) is 0 Å². The summed E-state index contributed by atoms with van der Waals surface area (Å²) in [5.74, 6) is 0.802. The molecular weight excluding hydrogens is 150 g/mol. The Morgan fingerprint density at radius 1 is 1.58 bits per heavy atom. The highest BCUT2D eigenvalue weighted by Crippen LogP contribution is 2.07. The predicted octanol–water partition coefficient (Wildman–Crippen LogP) is 1.37. The van der Waals surface area contributed by atoms with Crippen molar-refractivity contribution >= 4 is 5.57 Å². The molecular formula is C9H13N3. The fourth-order valence-corrected chi connectivity index (χ4v) is 0.966. The third-order valence-electron chi connectivity index (χ3n) is 1.54. The lowest BCUT2D eigenvalue weighted by atomic mass is 10.2. The van der Waals surface area contributed by atoms with E-state index in [4.69, 9.17) is 0 Å². The Morgan fingerprint density at radius 3 is 2.92 bits per heavy atom. The van der Waals surface area contributed by atoms with Crippen molar-refractivity contribution in [2.24, 2.45) is 0 Å². The Hall–Kier alpha value is -1.38. The lowest BCUT2D eigenvalue weighted by molar-refractivity contribution is 1.03. The summed E-state index contributed by atoms with van der Waals surface area (Å²) in [7, 11) is 1.87. The molecule has 0 saturated carbocycles. The van der Waals surface area contributed by atoms with E-state index >= 15 is 0 Å². The number of allylic oxidation sites excluding steroid dienone is 1. The smallest absolute Gasteiger partial charge is 0.125 e. The molecule has 0 aliphatic heterocycles. The fraction of sp³-hybridized carbons (Fsp3) is 0.333. The van der Waals surface area contributed by atoms with Gasteiger partial charge in [0, 0.05) is 19.4 Å². The minimum absolute atomic E-state index is 0.802. The van der Waals surface area contributed by atoms with Crippen LogP contribution in [0.25, 0.3) is 5.57 Å². The second-order valence-corrected chi connectivity index (χ2v) is 2.61. The number of hydrogen-bond acceptors (Lipinski definition) is 3. The predicted molar refractivity (Wildman–Crippen MR) is 49.5 cm³/mol. The molecule has 1 heterocycles. The van der Waals surface area contributed by atoms with Crippen LogP contribution in [0.1, 0.15) is 18.4 Å². The second-order valence-electron chi connectivity index (χ2n) is 2.61. The van der Waals surface area contributed by atoms with E-state index < -0.39 is 0 Å². The molecule has 1 aromatic heterocycles. The lowest BCUT2D eigenvalue weighted by Crippen LogP contribution is -1.97. The van der Waals surface area contributed by atoms with Crippen molar-refractivity contribution in [3.8, 4) is 0 Å². The zero-order valence-electron chi connectivity index (χ0n) is 7.63. The lowest BCUT2D eigenvalue weighted by Gasteiger charge is -2.00. The molecule has 0 spiro atoms. The van der Waals surface area contributed by atoms with Gasteiger partial charge in [0.05, 0.1) is 5.69 Å². The summed E-state index contributed by atoms with van der Waals surface area (Å²) in [4.78, 5) is 8.30. The first-order chi connectivity index (χ1) is 5.74. The molecule has 0 amide bonds. The monoisotopic (exact) mass is 163 g/mol. The summed E-state index contributed by atoms with van der Waals surface area (Å²) in [6.45, 7) is 3.90. The number of hydrogen-bond donors (Lipinski definition) is 1. The standard InChI is InChI=1S/C9H13N3/c1-7(6-10-3)9-4-5-11-8(2)12-9/h4-6,10H,1-3H3/b7-6+. The quantitative estimate of drug-likeness (QED) is 0.715. The molecule has 0 atom stereocenters. The van der Waals surface area contributed by atoms with E-state index in [9.17, 15) is 0 Å². The zero-order valence-corrected chi connectivity index (χ0v) is 7.63. The van der Waals surface area contributed by atoms with Gasteiger partial charge in [-0.25, -0.2) is 9.97 Å². The molecule has 1 aromatic rings. The van der Waals surface area contributed by atoms with Gasteiger partial charge >= 0.3 is 0 Å². The highest BCUT2D eigenvalue weighted by Gasteiger charge is 1.96. The van der Waals surface area contributed by atoms with Crippen LogP contribution in [0.5, 0.6) is 0 Å². The summed E-state index contributed by atoms with van der Waals surface area (Å²) < 4.78 is 0. The molecule has 0 saturated heterocycles. The van der Waals surface area contributed by atoms with Crippen molar-refractivity contribution in [3.05, 3.63) is 30.0 Å². The van der Waals surface area contributed by atoms with Gasteiger partial charge in [-0.15, -0.1) is 0 Å². The Balaban J connectivity index is 2.95. The van der Waals surface area contributed by atoms with E-state index in [1.165, 1.54) is 0 Å². The van der Waals surface area contributed by atoms with Crippen LogP contribution in [0, 0.1) is 6.92 Å². The van der Waals surface area contributed by atoms with Crippen molar-refractivity contribution in [1.29, 1.82) is 0 Å². The number of aryl methyl sites for hydroxylation is 1. The van der Waals surface area contributed by atoms with E-state index in [1.54, 1.807) is 6.20 Å². The van der Waals surface area contributed by atoms with Crippen molar-refractivity contribution in [3.63, 3.8) is 0 Å². The van der Waals surface area contributed by atoms with Gasteiger partial charge in [-0.05, 0) is 25.5 Å². The molecule has 64 valence electrons. The van der Waals surface area contributed by atoms with Gasteiger partial charge in [0.15, 0.2) is 0 Å². The molecule has 3 heteroatoms.